The Morgan fingerprint density at radius 2 is 2.19 bits per heavy atom. The topological polar surface area (TPSA) is 49.6 Å². The molecule has 0 fully saturated rings. The van der Waals surface area contributed by atoms with Gasteiger partial charge >= 0.3 is 0 Å². The number of nitrogens with one attached hydrogen (secondary N) is 2. The van der Waals surface area contributed by atoms with Gasteiger partial charge < -0.3 is 15.1 Å². The molecule has 5 heteroatoms. The van der Waals surface area contributed by atoms with Gasteiger partial charge in [-0.3, -0.25) is 4.99 Å². The Hall–Kier alpha value is -1.94. The predicted molar refractivity (Wildman–Crippen MR) is 86.8 cm³/mol. The Bertz CT molecular complexity index is 581. The summed E-state index contributed by atoms with van der Waals surface area (Å²) in [4.78, 5) is 4.23. The molecule has 0 saturated heterocycles. The van der Waals surface area contributed by atoms with Gasteiger partial charge in [-0.1, -0.05) is 23.7 Å². The first-order valence-corrected chi connectivity index (χ1v) is 7.32. The Labute approximate surface area is 130 Å². The van der Waals surface area contributed by atoms with Crippen LogP contribution in [-0.4, -0.2) is 19.6 Å². The van der Waals surface area contributed by atoms with Crippen LogP contribution in [0.4, 0.5) is 0 Å². The highest BCUT2D eigenvalue weighted by Crippen LogP contribution is 2.17. The highest BCUT2D eigenvalue weighted by atomic mass is 35.5. The van der Waals surface area contributed by atoms with Crippen LogP contribution in [0.15, 0.2) is 52.1 Å². The molecule has 112 valence electrons. The van der Waals surface area contributed by atoms with Crippen LogP contribution in [-0.2, 0) is 6.42 Å². The first-order valence-electron chi connectivity index (χ1n) is 6.94. The molecule has 2 aromatic rings. The van der Waals surface area contributed by atoms with Gasteiger partial charge in [-0.15, -0.1) is 0 Å². The monoisotopic (exact) mass is 305 g/mol. The third-order valence-corrected chi connectivity index (χ3v) is 3.40. The Kier molecular flexibility index (Phi) is 5.69. The minimum atomic E-state index is 0.124. The first kappa shape index (κ1) is 15.4. The maximum absolute atomic E-state index is 6.02. The molecule has 0 spiro atoms. The van der Waals surface area contributed by atoms with Crippen molar-refractivity contribution in [1.29, 1.82) is 0 Å². The summed E-state index contributed by atoms with van der Waals surface area (Å²) in [6.07, 6.45) is 2.50. The predicted octanol–water partition coefficient (Wildman–Crippen LogP) is 3.40. The second-order valence-electron chi connectivity index (χ2n) is 4.75. The average Bonchev–Trinajstić information content (AvgIpc) is 2.99. The molecule has 2 rings (SSSR count). The van der Waals surface area contributed by atoms with Gasteiger partial charge in [0.15, 0.2) is 5.96 Å². The highest BCUT2D eigenvalue weighted by molar-refractivity contribution is 6.30. The standard InChI is InChI=1S/C16H20ClN3O/c1-12(13-5-3-6-14(17)11-13)20-16(18-2)19-9-8-15-7-4-10-21-15/h3-7,10-12H,8-9H2,1-2H3,(H2,18,19,20). The van der Waals surface area contributed by atoms with E-state index in [1.54, 1.807) is 13.3 Å². The van der Waals surface area contributed by atoms with E-state index >= 15 is 0 Å². The molecular formula is C16H20ClN3O. The molecular weight excluding hydrogens is 286 g/mol. The van der Waals surface area contributed by atoms with Crippen molar-refractivity contribution in [2.24, 2.45) is 4.99 Å². The number of hydrogen-bond donors (Lipinski definition) is 2. The number of aliphatic imine (C=N–C) groups is 1. The molecule has 0 bridgehead atoms. The molecule has 0 aliphatic heterocycles. The van der Waals surface area contributed by atoms with Crippen molar-refractivity contribution in [3.05, 3.63) is 59.0 Å². The summed E-state index contributed by atoms with van der Waals surface area (Å²) in [5.74, 6) is 1.72. The van der Waals surface area contributed by atoms with E-state index in [9.17, 15) is 0 Å². The Morgan fingerprint density at radius 3 is 2.86 bits per heavy atom. The van der Waals surface area contributed by atoms with E-state index < -0.39 is 0 Å². The van der Waals surface area contributed by atoms with Gasteiger partial charge in [-0.25, -0.2) is 0 Å². The van der Waals surface area contributed by atoms with Gasteiger partial charge in [-0.2, -0.15) is 0 Å². The molecule has 0 radical (unpaired) electrons. The minimum absolute atomic E-state index is 0.124. The molecule has 0 amide bonds. The van der Waals surface area contributed by atoms with Crippen molar-refractivity contribution in [3.63, 3.8) is 0 Å². The van der Waals surface area contributed by atoms with Crippen LogP contribution in [0.2, 0.25) is 5.02 Å². The van der Waals surface area contributed by atoms with E-state index in [1.807, 2.05) is 36.4 Å². The van der Waals surface area contributed by atoms with E-state index in [4.69, 9.17) is 16.0 Å². The lowest BCUT2D eigenvalue weighted by Crippen LogP contribution is -2.39. The smallest absolute Gasteiger partial charge is 0.191 e. The Morgan fingerprint density at radius 1 is 1.33 bits per heavy atom. The van der Waals surface area contributed by atoms with Gasteiger partial charge in [0, 0.05) is 25.0 Å². The summed E-state index contributed by atoms with van der Waals surface area (Å²) in [5, 5.41) is 7.35. The number of halogens is 1. The van der Waals surface area contributed by atoms with Crippen molar-refractivity contribution >= 4 is 17.6 Å². The number of guanidine groups is 1. The normalized spacial score (nSPS) is 13.0. The zero-order valence-corrected chi connectivity index (χ0v) is 13.0. The summed E-state index contributed by atoms with van der Waals surface area (Å²) in [6, 6.07) is 11.8. The van der Waals surface area contributed by atoms with Crippen LogP contribution in [0.25, 0.3) is 0 Å². The highest BCUT2D eigenvalue weighted by Gasteiger charge is 2.08. The van der Waals surface area contributed by atoms with Crippen molar-refractivity contribution < 1.29 is 4.42 Å². The molecule has 4 nitrogen and oxygen atoms in total. The molecule has 1 unspecified atom stereocenters. The fourth-order valence-electron chi connectivity index (χ4n) is 2.02. The van der Waals surface area contributed by atoms with Gasteiger partial charge in [0.05, 0.1) is 12.3 Å². The quantitative estimate of drug-likeness (QED) is 0.657. The zero-order valence-electron chi connectivity index (χ0n) is 12.3. The third-order valence-electron chi connectivity index (χ3n) is 3.17. The fraction of sp³-hybridized carbons (Fsp3) is 0.312. The first-order chi connectivity index (χ1) is 10.2. The summed E-state index contributed by atoms with van der Waals surface area (Å²) >= 11 is 6.02. The van der Waals surface area contributed by atoms with Crippen LogP contribution in [0.5, 0.6) is 0 Å². The molecule has 1 aromatic heterocycles. The molecule has 0 aliphatic rings. The Balaban J connectivity index is 1.84. The van der Waals surface area contributed by atoms with E-state index in [2.05, 4.69) is 22.5 Å². The molecule has 0 aliphatic carbocycles. The van der Waals surface area contributed by atoms with Crippen LogP contribution in [0, 0.1) is 0 Å². The summed E-state index contributed by atoms with van der Waals surface area (Å²) in [6.45, 7) is 2.83. The van der Waals surface area contributed by atoms with Crippen LogP contribution >= 0.6 is 11.6 Å². The maximum atomic E-state index is 6.02. The van der Waals surface area contributed by atoms with Crippen molar-refractivity contribution in [3.8, 4) is 0 Å². The maximum Gasteiger partial charge on any atom is 0.191 e. The van der Waals surface area contributed by atoms with Gasteiger partial charge in [0.25, 0.3) is 0 Å². The lowest BCUT2D eigenvalue weighted by atomic mass is 10.1. The SMILES string of the molecule is CN=C(NCCc1ccco1)NC(C)c1cccc(Cl)c1. The molecule has 1 atom stereocenters. The summed E-state index contributed by atoms with van der Waals surface area (Å²) < 4.78 is 5.30. The second kappa shape index (κ2) is 7.74. The van der Waals surface area contributed by atoms with Crippen LogP contribution < -0.4 is 10.6 Å². The molecule has 2 N–H and O–H groups in total. The molecule has 1 heterocycles. The number of furan rings is 1. The molecule has 21 heavy (non-hydrogen) atoms. The zero-order chi connectivity index (χ0) is 15.1. The molecule has 0 saturated carbocycles. The number of benzene rings is 1. The van der Waals surface area contributed by atoms with Gasteiger partial charge in [0.1, 0.15) is 5.76 Å². The largest absolute Gasteiger partial charge is 0.469 e. The van der Waals surface area contributed by atoms with Crippen molar-refractivity contribution in [2.45, 2.75) is 19.4 Å². The van der Waals surface area contributed by atoms with Crippen molar-refractivity contribution in [2.75, 3.05) is 13.6 Å². The van der Waals surface area contributed by atoms with E-state index in [0.717, 1.165) is 35.3 Å². The van der Waals surface area contributed by atoms with Gasteiger partial charge in [-0.05, 0) is 36.8 Å². The lowest BCUT2D eigenvalue weighted by Gasteiger charge is -2.18. The number of hydrogen-bond acceptors (Lipinski definition) is 2. The molecule has 1 aromatic carbocycles. The number of nitrogens with zero attached hydrogens (tertiary/aromatic N) is 1. The van der Waals surface area contributed by atoms with E-state index in [-0.39, 0.29) is 6.04 Å². The third kappa shape index (κ3) is 4.83. The van der Waals surface area contributed by atoms with Gasteiger partial charge in [0.2, 0.25) is 0 Å². The second-order valence-corrected chi connectivity index (χ2v) is 5.19. The average molecular weight is 306 g/mol. The van der Waals surface area contributed by atoms with Crippen LogP contribution in [0.3, 0.4) is 0 Å². The van der Waals surface area contributed by atoms with E-state index in [1.165, 1.54) is 0 Å². The lowest BCUT2D eigenvalue weighted by molar-refractivity contribution is 0.506. The van der Waals surface area contributed by atoms with Crippen molar-refractivity contribution in [1.82, 2.24) is 10.6 Å². The fourth-order valence-corrected chi connectivity index (χ4v) is 2.22. The minimum Gasteiger partial charge on any atom is -0.469 e. The summed E-state index contributed by atoms with van der Waals surface area (Å²) in [7, 11) is 1.76. The summed E-state index contributed by atoms with van der Waals surface area (Å²) in [5.41, 5.74) is 1.12. The number of rotatable bonds is 5. The van der Waals surface area contributed by atoms with Crippen LogP contribution in [0.1, 0.15) is 24.3 Å². The van der Waals surface area contributed by atoms with E-state index in [0.29, 0.717) is 0 Å².